The normalized spacial score (nSPS) is 15.0. The number of allylic oxidation sites excluding steroid dienone is 1. The molecule has 0 aliphatic carbocycles. The summed E-state index contributed by atoms with van der Waals surface area (Å²) in [6.07, 6.45) is 1.65. The number of esters is 1. The molecule has 1 heterocycles. The molecule has 0 spiro atoms. The van der Waals surface area contributed by atoms with Crippen LogP contribution >= 0.6 is 11.6 Å². The Labute approximate surface area is 180 Å². The topological polar surface area (TPSA) is 65.1 Å². The monoisotopic (exact) mass is 427 g/mol. The molecule has 0 bridgehead atoms. The molecular formula is C23H22ClNO5. The number of hydrogen-bond donors (Lipinski definition) is 0. The summed E-state index contributed by atoms with van der Waals surface area (Å²) in [6, 6.07) is 12.3. The molecule has 0 saturated heterocycles. The average molecular weight is 428 g/mol. The van der Waals surface area contributed by atoms with Crippen molar-refractivity contribution in [2.24, 2.45) is 0 Å². The Hall–Kier alpha value is -3.25. The molecule has 0 aromatic heterocycles. The summed E-state index contributed by atoms with van der Waals surface area (Å²) in [5.74, 6) is 0.153. The van der Waals surface area contributed by atoms with E-state index >= 15 is 0 Å². The standard InChI is InChI=1S/C23H22ClNO5/c1-5-30-19-9-7-6-8-15(19)12-17-21(23(27)29-4)14(2)25(22(17)26)16-10-11-20(28-3)18(24)13-16/h6-13H,5H2,1-4H3/b17-12-. The fourth-order valence-corrected chi connectivity index (χ4v) is 3.58. The first-order valence-electron chi connectivity index (χ1n) is 9.34. The van der Waals surface area contributed by atoms with Crippen LogP contribution in [-0.2, 0) is 14.3 Å². The minimum atomic E-state index is -0.594. The number of anilines is 1. The predicted molar refractivity (Wildman–Crippen MR) is 116 cm³/mol. The number of nitrogens with zero attached hydrogens (tertiary/aromatic N) is 1. The van der Waals surface area contributed by atoms with Crippen molar-refractivity contribution in [1.29, 1.82) is 0 Å². The fraction of sp³-hybridized carbons (Fsp3) is 0.217. The van der Waals surface area contributed by atoms with Crippen molar-refractivity contribution in [3.8, 4) is 11.5 Å². The maximum absolute atomic E-state index is 13.4. The molecule has 0 unspecified atom stereocenters. The van der Waals surface area contributed by atoms with Crippen molar-refractivity contribution in [2.45, 2.75) is 13.8 Å². The van der Waals surface area contributed by atoms with E-state index in [9.17, 15) is 9.59 Å². The SMILES string of the molecule is CCOc1ccccc1/C=C1\C(=O)N(c2ccc(OC)c(Cl)c2)C(C)=C1C(=O)OC. The predicted octanol–water partition coefficient (Wildman–Crippen LogP) is 4.62. The minimum Gasteiger partial charge on any atom is -0.495 e. The van der Waals surface area contributed by atoms with Crippen molar-refractivity contribution in [3.05, 3.63) is 69.9 Å². The van der Waals surface area contributed by atoms with Gasteiger partial charge in [-0.1, -0.05) is 29.8 Å². The van der Waals surface area contributed by atoms with Crippen LogP contribution in [0.3, 0.4) is 0 Å². The molecule has 3 rings (SSSR count). The van der Waals surface area contributed by atoms with E-state index in [4.69, 9.17) is 25.8 Å². The Morgan fingerprint density at radius 3 is 2.50 bits per heavy atom. The van der Waals surface area contributed by atoms with Gasteiger partial charge in [-0.3, -0.25) is 9.69 Å². The molecule has 30 heavy (non-hydrogen) atoms. The van der Waals surface area contributed by atoms with Gasteiger partial charge in [0.15, 0.2) is 0 Å². The van der Waals surface area contributed by atoms with Crippen molar-refractivity contribution < 1.29 is 23.8 Å². The zero-order valence-corrected chi connectivity index (χ0v) is 17.9. The van der Waals surface area contributed by atoms with Crippen LogP contribution in [0, 0.1) is 0 Å². The third kappa shape index (κ3) is 3.91. The van der Waals surface area contributed by atoms with Gasteiger partial charge in [-0.25, -0.2) is 4.79 Å². The van der Waals surface area contributed by atoms with E-state index in [0.717, 1.165) is 0 Å². The third-order valence-corrected chi connectivity index (χ3v) is 5.00. The summed E-state index contributed by atoms with van der Waals surface area (Å²) in [7, 11) is 2.80. The van der Waals surface area contributed by atoms with Crippen LogP contribution in [0.1, 0.15) is 19.4 Å². The second kappa shape index (κ2) is 9.05. The molecule has 2 aromatic carbocycles. The van der Waals surface area contributed by atoms with Gasteiger partial charge in [0.05, 0.1) is 42.7 Å². The number of methoxy groups -OCH3 is 2. The van der Waals surface area contributed by atoms with Gasteiger partial charge in [-0.15, -0.1) is 0 Å². The highest BCUT2D eigenvalue weighted by Crippen LogP contribution is 2.38. The molecule has 0 N–H and O–H groups in total. The van der Waals surface area contributed by atoms with Crippen LogP contribution < -0.4 is 14.4 Å². The first kappa shape index (κ1) is 21.5. The maximum atomic E-state index is 13.4. The van der Waals surface area contributed by atoms with Crippen molar-refractivity contribution in [3.63, 3.8) is 0 Å². The lowest BCUT2D eigenvalue weighted by molar-refractivity contribution is -0.136. The summed E-state index contributed by atoms with van der Waals surface area (Å²) in [6.45, 7) is 4.05. The van der Waals surface area contributed by atoms with E-state index in [1.54, 1.807) is 31.2 Å². The third-order valence-electron chi connectivity index (χ3n) is 4.70. The first-order valence-corrected chi connectivity index (χ1v) is 9.71. The van der Waals surface area contributed by atoms with E-state index in [1.807, 2.05) is 31.2 Å². The van der Waals surface area contributed by atoms with Gasteiger partial charge in [0.25, 0.3) is 5.91 Å². The highest BCUT2D eigenvalue weighted by Gasteiger charge is 2.38. The molecule has 1 aliphatic heterocycles. The molecule has 0 fully saturated rings. The van der Waals surface area contributed by atoms with Crippen molar-refractivity contribution >= 4 is 35.2 Å². The Balaban J connectivity index is 2.14. The number of rotatable bonds is 6. The summed E-state index contributed by atoms with van der Waals surface area (Å²) < 4.78 is 15.8. The van der Waals surface area contributed by atoms with Crippen LogP contribution in [0.2, 0.25) is 5.02 Å². The minimum absolute atomic E-state index is 0.195. The highest BCUT2D eigenvalue weighted by atomic mass is 35.5. The number of hydrogen-bond acceptors (Lipinski definition) is 5. The molecule has 156 valence electrons. The number of para-hydroxylation sites is 1. The summed E-state index contributed by atoms with van der Waals surface area (Å²) >= 11 is 6.25. The molecule has 6 nitrogen and oxygen atoms in total. The Morgan fingerprint density at radius 2 is 1.87 bits per heavy atom. The van der Waals surface area contributed by atoms with Crippen molar-refractivity contribution in [2.75, 3.05) is 25.7 Å². The summed E-state index contributed by atoms with van der Waals surface area (Å²) in [5.41, 5.74) is 2.07. The van der Waals surface area contributed by atoms with Gasteiger partial charge in [0, 0.05) is 11.3 Å². The van der Waals surface area contributed by atoms with Gasteiger partial charge in [0.1, 0.15) is 11.5 Å². The van der Waals surface area contributed by atoms with E-state index in [-0.39, 0.29) is 17.1 Å². The Bertz CT molecular complexity index is 1060. The zero-order chi connectivity index (χ0) is 21.8. The first-order chi connectivity index (χ1) is 14.4. The lowest BCUT2D eigenvalue weighted by atomic mass is 10.0. The second-order valence-electron chi connectivity index (χ2n) is 6.44. The molecule has 1 aliphatic rings. The molecule has 2 aromatic rings. The van der Waals surface area contributed by atoms with Crippen LogP contribution in [0.5, 0.6) is 11.5 Å². The van der Waals surface area contributed by atoms with E-state index in [2.05, 4.69) is 0 Å². The molecule has 0 radical (unpaired) electrons. The van der Waals surface area contributed by atoms with E-state index in [0.29, 0.717) is 40.1 Å². The number of carbonyl (C=O) groups excluding carboxylic acids is 2. The van der Waals surface area contributed by atoms with E-state index < -0.39 is 5.97 Å². The summed E-state index contributed by atoms with van der Waals surface area (Å²) in [5, 5.41) is 0.356. The van der Waals surface area contributed by atoms with Gasteiger partial charge in [0.2, 0.25) is 0 Å². The second-order valence-corrected chi connectivity index (χ2v) is 6.85. The number of benzene rings is 2. The Kier molecular flexibility index (Phi) is 6.47. The number of carbonyl (C=O) groups is 2. The lowest BCUT2D eigenvalue weighted by Gasteiger charge is -2.19. The van der Waals surface area contributed by atoms with Crippen LogP contribution in [0.4, 0.5) is 5.69 Å². The molecule has 0 atom stereocenters. The number of halogens is 1. The molecule has 0 saturated carbocycles. The molecule has 1 amide bonds. The maximum Gasteiger partial charge on any atom is 0.340 e. The van der Waals surface area contributed by atoms with Crippen LogP contribution in [-0.4, -0.2) is 32.7 Å². The van der Waals surface area contributed by atoms with Gasteiger partial charge in [-0.05, 0) is 44.2 Å². The van der Waals surface area contributed by atoms with Crippen LogP contribution in [0.15, 0.2) is 59.3 Å². The zero-order valence-electron chi connectivity index (χ0n) is 17.2. The quantitative estimate of drug-likeness (QED) is 0.497. The van der Waals surface area contributed by atoms with Gasteiger partial charge in [-0.2, -0.15) is 0 Å². The smallest absolute Gasteiger partial charge is 0.340 e. The molecular weight excluding hydrogens is 406 g/mol. The van der Waals surface area contributed by atoms with Crippen molar-refractivity contribution in [1.82, 2.24) is 0 Å². The van der Waals surface area contributed by atoms with E-state index in [1.165, 1.54) is 19.1 Å². The largest absolute Gasteiger partial charge is 0.495 e. The average Bonchev–Trinajstić information content (AvgIpc) is 2.98. The number of ether oxygens (including phenoxy) is 3. The lowest BCUT2D eigenvalue weighted by Crippen LogP contribution is -2.24. The van der Waals surface area contributed by atoms with Gasteiger partial charge < -0.3 is 14.2 Å². The Morgan fingerprint density at radius 1 is 1.13 bits per heavy atom. The van der Waals surface area contributed by atoms with Gasteiger partial charge >= 0.3 is 5.97 Å². The van der Waals surface area contributed by atoms with Crippen LogP contribution in [0.25, 0.3) is 6.08 Å². The summed E-state index contributed by atoms with van der Waals surface area (Å²) in [4.78, 5) is 27.4. The number of amides is 1. The molecule has 7 heteroatoms. The highest BCUT2D eigenvalue weighted by molar-refractivity contribution is 6.32. The fourth-order valence-electron chi connectivity index (χ4n) is 3.33.